The lowest BCUT2D eigenvalue weighted by Crippen LogP contribution is -2.60. The highest BCUT2D eigenvalue weighted by molar-refractivity contribution is 5.97. The summed E-state index contributed by atoms with van der Waals surface area (Å²) in [7, 11) is 0. The van der Waals surface area contributed by atoms with Crippen molar-refractivity contribution in [3.63, 3.8) is 0 Å². The summed E-state index contributed by atoms with van der Waals surface area (Å²) in [6.45, 7) is 10.0. The van der Waals surface area contributed by atoms with Crippen LogP contribution in [0.5, 0.6) is 0 Å². The minimum atomic E-state index is -1.23. The average molecular weight is 551 g/mol. The molecular weight excluding hydrogens is 512 g/mol. The van der Waals surface area contributed by atoms with Crippen LogP contribution in [0.2, 0.25) is 0 Å². The standard InChI is InChI=1S/C29H38N6O5/c1-28(2,3)24(32-19(36)14-40-16-10-11-16)27(39)35-13-18-20(29(18,4)5)23(35)26(38)33-22(25(30)37)21-17-9-7-6-8-15(17)12-31-34-21/h6-9,12,16,18,20,22-24H,10-11,13-14H2,1-5H3,(H2,30,37)(H,32,36)(H,33,38)/t18-,20-,22?,23-,24?/m0/s1. The van der Waals surface area contributed by atoms with Gasteiger partial charge >= 0.3 is 0 Å². The molecule has 1 aliphatic heterocycles. The van der Waals surface area contributed by atoms with E-state index in [1.54, 1.807) is 23.2 Å². The lowest BCUT2D eigenvalue weighted by Gasteiger charge is -2.37. The fourth-order valence-corrected chi connectivity index (χ4v) is 6.02. The van der Waals surface area contributed by atoms with Crippen LogP contribution in [0, 0.1) is 22.7 Å². The summed E-state index contributed by atoms with van der Waals surface area (Å²) in [5.74, 6) is -1.95. The topological polar surface area (TPSA) is 157 Å². The predicted octanol–water partition coefficient (Wildman–Crippen LogP) is 1.47. The van der Waals surface area contributed by atoms with E-state index in [9.17, 15) is 19.2 Å². The number of nitrogens with zero attached hydrogens (tertiary/aromatic N) is 3. The number of rotatable bonds is 9. The van der Waals surface area contributed by atoms with Crippen LogP contribution in [-0.4, -0.2) is 70.1 Å². The van der Waals surface area contributed by atoms with Crippen molar-refractivity contribution in [2.75, 3.05) is 13.2 Å². The minimum Gasteiger partial charge on any atom is -0.368 e. The number of carbonyl (C=O) groups excluding carboxylic acids is 4. The first-order chi connectivity index (χ1) is 18.8. The van der Waals surface area contributed by atoms with Gasteiger partial charge in [0.05, 0.1) is 12.3 Å². The summed E-state index contributed by atoms with van der Waals surface area (Å²) in [6.07, 6.45) is 3.56. The summed E-state index contributed by atoms with van der Waals surface area (Å²) >= 11 is 0. The summed E-state index contributed by atoms with van der Waals surface area (Å²) in [4.78, 5) is 54.8. The van der Waals surface area contributed by atoms with Gasteiger partial charge in [-0.05, 0) is 35.5 Å². The molecule has 3 fully saturated rings. The second-order valence-corrected chi connectivity index (χ2v) is 12.9. The number of piperidine rings is 1. The van der Waals surface area contributed by atoms with Gasteiger partial charge in [-0.1, -0.05) is 58.9 Å². The first-order valence-corrected chi connectivity index (χ1v) is 13.8. The van der Waals surface area contributed by atoms with E-state index in [0.717, 1.165) is 18.2 Å². The number of nitrogens with two attached hydrogens (primary N) is 1. The van der Waals surface area contributed by atoms with E-state index in [0.29, 0.717) is 11.9 Å². The van der Waals surface area contributed by atoms with Crippen molar-refractivity contribution in [3.8, 4) is 0 Å². The SMILES string of the molecule is CC(C)(C)C(NC(=O)COC1CC1)C(=O)N1C[C@H]2[C@@H]([C@H]1C(=O)NC(C(N)=O)c1nncc3ccccc13)C2(C)C. The van der Waals surface area contributed by atoms with Gasteiger partial charge < -0.3 is 26.0 Å². The molecule has 0 radical (unpaired) electrons. The van der Waals surface area contributed by atoms with Crippen LogP contribution >= 0.6 is 0 Å². The Labute approximate surface area is 233 Å². The number of ether oxygens (including phenoxy) is 1. The molecule has 5 atom stereocenters. The molecule has 4 amide bonds. The maximum absolute atomic E-state index is 14.0. The number of likely N-dealkylation sites (tertiary alicyclic amines) is 1. The Morgan fingerprint density at radius 3 is 2.50 bits per heavy atom. The van der Waals surface area contributed by atoms with E-state index < -0.39 is 35.4 Å². The Morgan fingerprint density at radius 1 is 1.15 bits per heavy atom. The number of hydrogen-bond donors (Lipinski definition) is 3. The minimum absolute atomic E-state index is 0.0990. The fourth-order valence-electron chi connectivity index (χ4n) is 6.02. The van der Waals surface area contributed by atoms with Crippen molar-refractivity contribution in [1.82, 2.24) is 25.7 Å². The molecule has 1 aromatic heterocycles. The first kappa shape index (κ1) is 27.9. The highest BCUT2D eigenvalue weighted by Gasteiger charge is 2.70. The van der Waals surface area contributed by atoms with Crippen LogP contribution in [0.3, 0.4) is 0 Å². The van der Waals surface area contributed by atoms with E-state index in [-0.39, 0.29) is 47.5 Å². The third-order valence-corrected chi connectivity index (χ3v) is 8.60. The Bertz CT molecular complexity index is 1340. The monoisotopic (exact) mass is 550 g/mol. The third-order valence-electron chi connectivity index (χ3n) is 8.60. The molecule has 11 heteroatoms. The number of benzene rings is 1. The quantitative estimate of drug-likeness (QED) is 0.427. The zero-order valence-corrected chi connectivity index (χ0v) is 23.6. The van der Waals surface area contributed by atoms with Crippen LogP contribution in [0.1, 0.15) is 59.2 Å². The number of fused-ring (bicyclic) bond motifs is 2. The number of nitrogens with one attached hydrogen (secondary N) is 2. The van der Waals surface area contributed by atoms with Crippen LogP contribution in [0.4, 0.5) is 0 Å². The van der Waals surface area contributed by atoms with Crippen molar-refractivity contribution < 1.29 is 23.9 Å². The van der Waals surface area contributed by atoms with Crippen molar-refractivity contribution in [2.24, 2.45) is 28.4 Å². The van der Waals surface area contributed by atoms with E-state index in [1.165, 1.54) is 0 Å². The Kier molecular flexibility index (Phi) is 7.06. The molecule has 2 unspecified atom stereocenters. The third kappa shape index (κ3) is 5.26. The van der Waals surface area contributed by atoms with Crippen molar-refractivity contribution >= 4 is 34.4 Å². The number of primary amides is 1. The normalized spacial score (nSPS) is 24.6. The number of aromatic nitrogens is 2. The summed E-state index contributed by atoms with van der Waals surface area (Å²) in [5, 5.41) is 15.2. The molecule has 5 rings (SSSR count). The molecule has 4 N–H and O–H groups in total. The zero-order valence-electron chi connectivity index (χ0n) is 23.6. The molecular formula is C29H38N6O5. The Balaban J connectivity index is 1.40. The van der Waals surface area contributed by atoms with Gasteiger partial charge in [0, 0.05) is 17.3 Å². The van der Waals surface area contributed by atoms with Gasteiger partial charge in [0.2, 0.25) is 23.6 Å². The van der Waals surface area contributed by atoms with Gasteiger partial charge in [-0.2, -0.15) is 10.2 Å². The molecule has 1 saturated heterocycles. The molecule has 0 spiro atoms. The van der Waals surface area contributed by atoms with Gasteiger partial charge in [-0.3, -0.25) is 19.2 Å². The number of amides is 4. The predicted molar refractivity (Wildman–Crippen MR) is 146 cm³/mol. The summed E-state index contributed by atoms with van der Waals surface area (Å²) in [6, 6.07) is 4.33. The lowest BCUT2D eigenvalue weighted by molar-refractivity contribution is -0.146. The molecule has 2 aromatic rings. The highest BCUT2D eigenvalue weighted by Crippen LogP contribution is 2.65. The number of carbonyl (C=O) groups is 4. The van der Waals surface area contributed by atoms with Gasteiger partial charge in [0.15, 0.2) is 6.04 Å². The molecule has 1 aromatic carbocycles. The van der Waals surface area contributed by atoms with Crippen LogP contribution < -0.4 is 16.4 Å². The van der Waals surface area contributed by atoms with E-state index in [2.05, 4.69) is 34.7 Å². The van der Waals surface area contributed by atoms with Gasteiger partial charge in [-0.25, -0.2) is 0 Å². The fraction of sp³-hybridized carbons (Fsp3) is 0.586. The van der Waals surface area contributed by atoms with Crippen LogP contribution in [-0.2, 0) is 23.9 Å². The summed E-state index contributed by atoms with van der Waals surface area (Å²) < 4.78 is 5.53. The molecule has 0 bridgehead atoms. The molecule has 214 valence electrons. The Morgan fingerprint density at radius 2 is 1.85 bits per heavy atom. The van der Waals surface area contributed by atoms with E-state index >= 15 is 0 Å². The zero-order chi connectivity index (χ0) is 29.0. The smallest absolute Gasteiger partial charge is 0.246 e. The van der Waals surface area contributed by atoms with E-state index in [1.807, 2.05) is 32.9 Å². The average Bonchev–Trinajstić information content (AvgIpc) is 3.76. The second kappa shape index (κ2) is 10.1. The molecule has 40 heavy (non-hydrogen) atoms. The van der Waals surface area contributed by atoms with Crippen LogP contribution in [0.15, 0.2) is 30.5 Å². The Hall–Kier alpha value is -3.60. The van der Waals surface area contributed by atoms with E-state index in [4.69, 9.17) is 10.5 Å². The molecule has 3 aliphatic rings. The van der Waals surface area contributed by atoms with Gasteiger partial charge in [0.25, 0.3) is 0 Å². The van der Waals surface area contributed by atoms with Crippen molar-refractivity contribution in [1.29, 1.82) is 0 Å². The lowest BCUT2D eigenvalue weighted by atomic mass is 9.85. The van der Waals surface area contributed by atoms with Crippen LogP contribution in [0.25, 0.3) is 10.8 Å². The highest BCUT2D eigenvalue weighted by atomic mass is 16.5. The molecule has 2 aliphatic carbocycles. The van der Waals surface area contributed by atoms with Gasteiger partial charge in [-0.15, -0.1) is 0 Å². The largest absolute Gasteiger partial charge is 0.368 e. The first-order valence-electron chi connectivity index (χ1n) is 13.8. The molecule has 2 heterocycles. The maximum Gasteiger partial charge on any atom is 0.246 e. The van der Waals surface area contributed by atoms with Crippen molar-refractivity contribution in [3.05, 3.63) is 36.2 Å². The second-order valence-electron chi connectivity index (χ2n) is 12.9. The summed E-state index contributed by atoms with van der Waals surface area (Å²) in [5.41, 5.74) is 5.22. The molecule has 2 saturated carbocycles. The molecule has 11 nitrogen and oxygen atoms in total. The number of hydrogen-bond acceptors (Lipinski definition) is 7. The van der Waals surface area contributed by atoms with Gasteiger partial charge in [0.1, 0.15) is 24.4 Å². The maximum atomic E-state index is 14.0. The van der Waals surface area contributed by atoms with Crippen molar-refractivity contribution in [2.45, 2.75) is 71.7 Å².